The van der Waals surface area contributed by atoms with Crippen molar-refractivity contribution in [1.82, 2.24) is 4.90 Å². The van der Waals surface area contributed by atoms with Crippen LogP contribution in [0.5, 0.6) is 0 Å². The lowest BCUT2D eigenvalue weighted by Gasteiger charge is -2.42. The summed E-state index contributed by atoms with van der Waals surface area (Å²) in [6, 6.07) is 1.87. The van der Waals surface area contributed by atoms with E-state index in [1.807, 2.05) is 6.92 Å². The molecule has 2 heterocycles. The molecule has 0 fully saturated rings. The normalized spacial score (nSPS) is 18.0. The molecule has 0 spiro atoms. The molecule has 1 aliphatic heterocycles. The van der Waals surface area contributed by atoms with E-state index in [-0.39, 0.29) is 18.1 Å². The predicted molar refractivity (Wildman–Crippen MR) is 124 cm³/mol. The minimum Gasteiger partial charge on any atom is -0.430 e. The highest BCUT2D eigenvalue weighted by molar-refractivity contribution is 7.10. The Morgan fingerprint density at radius 3 is 2.19 bits per heavy atom. The third-order valence-electron chi connectivity index (χ3n) is 5.80. The summed E-state index contributed by atoms with van der Waals surface area (Å²) in [7, 11) is 0. The summed E-state index contributed by atoms with van der Waals surface area (Å²) >= 11 is 1.23. The summed E-state index contributed by atoms with van der Waals surface area (Å²) < 4.78 is 85.2. The van der Waals surface area contributed by atoms with Crippen molar-refractivity contribution in [3.8, 4) is 0 Å². The third kappa shape index (κ3) is 6.68. The van der Waals surface area contributed by atoms with E-state index in [0.29, 0.717) is 29.1 Å². The molecule has 204 valence electrons. The number of ether oxygens (including phenoxy) is 1. The van der Waals surface area contributed by atoms with Gasteiger partial charge in [0.15, 0.2) is 0 Å². The Morgan fingerprint density at radius 2 is 1.70 bits per heavy atom. The molecule has 37 heavy (non-hydrogen) atoms. The number of hydrogen-bond donors (Lipinski definition) is 0. The van der Waals surface area contributed by atoms with Gasteiger partial charge in [-0.2, -0.15) is 31.4 Å². The van der Waals surface area contributed by atoms with Crippen LogP contribution in [0.2, 0.25) is 0 Å². The molecular formula is C24H26F6N2O4S. The summed E-state index contributed by atoms with van der Waals surface area (Å²) in [6.45, 7) is 5.86. The zero-order chi connectivity index (χ0) is 27.7. The Labute approximate surface area is 213 Å². The number of anilines is 1. The molecule has 0 radical (unpaired) electrons. The fourth-order valence-electron chi connectivity index (χ4n) is 4.17. The SMILES string of the molecule is CCC1CC(N(Cc2cc(C(F)(F)F)cc(C(F)(F)F)c2)C(C)=O)c2sccc2N1OC(=O)OC(C)C. The van der Waals surface area contributed by atoms with Gasteiger partial charge >= 0.3 is 18.5 Å². The second kappa shape index (κ2) is 10.8. The molecule has 0 saturated carbocycles. The van der Waals surface area contributed by atoms with Gasteiger partial charge in [-0.15, -0.1) is 11.3 Å². The van der Waals surface area contributed by atoms with E-state index in [1.54, 1.807) is 25.3 Å². The molecule has 1 aromatic heterocycles. The van der Waals surface area contributed by atoms with Crippen LogP contribution in [0.15, 0.2) is 29.6 Å². The smallest absolute Gasteiger partial charge is 0.430 e. The molecule has 3 rings (SSSR count). The fourth-order valence-corrected chi connectivity index (χ4v) is 5.17. The van der Waals surface area contributed by atoms with E-state index in [2.05, 4.69) is 0 Å². The molecule has 1 amide bonds. The summed E-state index contributed by atoms with van der Waals surface area (Å²) in [5.41, 5.74) is -2.73. The van der Waals surface area contributed by atoms with Crippen molar-refractivity contribution in [3.05, 3.63) is 51.2 Å². The van der Waals surface area contributed by atoms with Crippen LogP contribution in [0.3, 0.4) is 0 Å². The largest absolute Gasteiger partial charge is 0.533 e. The van der Waals surface area contributed by atoms with Gasteiger partial charge in [-0.25, -0.2) is 4.79 Å². The molecular weight excluding hydrogens is 526 g/mol. The number of thiophene rings is 1. The second-order valence-corrected chi connectivity index (χ2v) is 9.83. The summed E-state index contributed by atoms with van der Waals surface area (Å²) in [5, 5.41) is 3.08. The number of hydroxylamine groups is 1. The van der Waals surface area contributed by atoms with Crippen molar-refractivity contribution in [2.24, 2.45) is 0 Å². The van der Waals surface area contributed by atoms with Gasteiger partial charge in [0.1, 0.15) is 0 Å². The van der Waals surface area contributed by atoms with E-state index in [1.165, 1.54) is 28.2 Å². The average molecular weight is 553 g/mol. The van der Waals surface area contributed by atoms with Crippen molar-refractivity contribution in [3.63, 3.8) is 0 Å². The van der Waals surface area contributed by atoms with Gasteiger partial charge in [-0.05, 0) is 61.9 Å². The predicted octanol–water partition coefficient (Wildman–Crippen LogP) is 7.34. The lowest BCUT2D eigenvalue weighted by atomic mass is 9.95. The fraction of sp³-hybridized carbons (Fsp3) is 0.500. The van der Waals surface area contributed by atoms with Crippen LogP contribution >= 0.6 is 11.3 Å². The number of amides is 1. The maximum absolute atomic E-state index is 13.4. The quantitative estimate of drug-likeness (QED) is 0.277. The standard InChI is InChI=1S/C24H26F6N2O4S/c1-5-18-11-20(21-19(6-7-37-21)32(18)36-22(34)35-13(2)3)31(14(4)33)12-15-8-16(23(25,26)27)10-17(9-15)24(28,29)30/h6-10,13,18,20H,5,11-12H2,1-4H3. The lowest BCUT2D eigenvalue weighted by molar-refractivity contribution is -0.143. The first kappa shape index (κ1) is 28.6. The van der Waals surface area contributed by atoms with E-state index in [4.69, 9.17) is 9.57 Å². The molecule has 6 nitrogen and oxygen atoms in total. The van der Waals surface area contributed by atoms with Gasteiger partial charge in [-0.1, -0.05) is 6.92 Å². The Bertz CT molecular complexity index is 1100. The van der Waals surface area contributed by atoms with Crippen LogP contribution in [0, 0.1) is 0 Å². The van der Waals surface area contributed by atoms with Crippen LogP contribution in [-0.4, -0.2) is 29.1 Å². The van der Waals surface area contributed by atoms with E-state index < -0.39 is 60.3 Å². The summed E-state index contributed by atoms with van der Waals surface area (Å²) in [5.74, 6) is -0.529. The van der Waals surface area contributed by atoms with E-state index in [0.717, 1.165) is 0 Å². The Balaban J connectivity index is 1.99. The zero-order valence-electron chi connectivity index (χ0n) is 20.4. The van der Waals surface area contributed by atoms with Crippen LogP contribution in [0.4, 0.5) is 36.8 Å². The lowest BCUT2D eigenvalue weighted by Crippen LogP contribution is -2.46. The first-order valence-electron chi connectivity index (χ1n) is 11.4. The maximum Gasteiger partial charge on any atom is 0.533 e. The number of fused-ring (bicyclic) bond motifs is 1. The number of carbonyl (C=O) groups is 2. The van der Waals surface area contributed by atoms with E-state index >= 15 is 0 Å². The van der Waals surface area contributed by atoms with Crippen LogP contribution in [0.25, 0.3) is 0 Å². The highest BCUT2D eigenvalue weighted by Crippen LogP contribution is 2.45. The maximum atomic E-state index is 13.4. The topological polar surface area (TPSA) is 59.1 Å². The number of halogens is 6. The van der Waals surface area contributed by atoms with Crippen molar-refractivity contribution in [1.29, 1.82) is 0 Å². The molecule has 2 aromatic rings. The minimum atomic E-state index is -5.00. The Hall–Kier alpha value is -2.96. The Morgan fingerprint density at radius 1 is 1.11 bits per heavy atom. The van der Waals surface area contributed by atoms with Gasteiger partial charge in [-0.3, -0.25) is 4.79 Å². The van der Waals surface area contributed by atoms with Crippen LogP contribution in [0.1, 0.15) is 68.1 Å². The van der Waals surface area contributed by atoms with Crippen molar-refractivity contribution in [2.75, 3.05) is 5.06 Å². The molecule has 1 aliphatic rings. The molecule has 0 N–H and O–H groups in total. The highest BCUT2D eigenvalue weighted by Gasteiger charge is 2.41. The molecule has 1 aromatic carbocycles. The zero-order valence-corrected chi connectivity index (χ0v) is 21.3. The summed E-state index contributed by atoms with van der Waals surface area (Å²) in [6.07, 6.45) is -10.7. The first-order valence-corrected chi connectivity index (χ1v) is 12.3. The minimum absolute atomic E-state index is 0.0537. The van der Waals surface area contributed by atoms with Crippen molar-refractivity contribution in [2.45, 2.75) is 77.6 Å². The third-order valence-corrected chi connectivity index (χ3v) is 6.80. The second-order valence-electron chi connectivity index (χ2n) is 8.88. The summed E-state index contributed by atoms with van der Waals surface area (Å²) in [4.78, 5) is 32.1. The molecule has 2 atom stereocenters. The average Bonchev–Trinajstić information content (AvgIpc) is 3.26. The first-order chi connectivity index (χ1) is 17.1. The van der Waals surface area contributed by atoms with E-state index in [9.17, 15) is 35.9 Å². The van der Waals surface area contributed by atoms with Gasteiger partial charge in [0, 0.05) is 13.5 Å². The molecule has 0 aliphatic carbocycles. The molecule has 2 unspecified atom stereocenters. The number of benzene rings is 1. The van der Waals surface area contributed by atoms with Gasteiger partial charge in [0.05, 0.1) is 39.9 Å². The molecule has 0 saturated heterocycles. The number of alkyl halides is 6. The monoisotopic (exact) mass is 552 g/mol. The van der Waals surface area contributed by atoms with Gasteiger partial charge in [0.25, 0.3) is 0 Å². The van der Waals surface area contributed by atoms with Crippen LogP contribution < -0.4 is 5.06 Å². The number of rotatable bonds is 6. The Kier molecular flexibility index (Phi) is 8.35. The number of nitrogens with zero attached hydrogens (tertiary/aromatic N) is 2. The van der Waals surface area contributed by atoms with Gasteiger partial charge in [0.2, 0.25) is 5.91 Å². The highest BCUT2D eigenvalue weighted by atomic mass is 32.1. The molecule has 13 heteroatoms. The number of hydrogen-bond acceptors (Lipinski definition) is 6. The number of carbonyl (C=O) groups excluding carboxylic acids is 2. The van der Waals surface area contributed by atoms with Crippen molar-refractivity contribution >= 4 is 29.1 Å². The van der Waals surface area contributed by atoms with Crippen molar-refractivity contribution < 1.29 is 45.5 Å². The van der Waals surface area contributed by atoms with Crippen LogP contribution in [-0.2, 0) is 33.3 Å². The molecule has 0 bridgehead atoms. The van der Waals surface area contributed by atoms with Gasteiger partial charge < -0.3 is 14.5 Å².